The van der Waals surface area contributed by atoms with Crippen molar-refractivity contribution in [1.82, 2.24) is 14.7 Å². The Hall–Kier alpha value is -2.36. The quantitative estimate of drug-likeness (QED) is 0.382. The highest BCUT2D eigenvalue weighted by molar-refractivity contribution is 6.04. The molecular weight excluding hydrogens is 517 g/mol. The first kappa shape index (κ1) is 30.2. The normalized spacial score (nSPS) is 24.8. The number of piperidine rings is 1. The molecule has 0 radical (unpaired) electrons. The van der Waals surface area contributed by atoms with Crippen LogP contribution >= 0.6 is 24.8 Å². The van der Waals surface area contributed by atoms with E-state index in [9.17, 15) is 9.59 Å². The number of nitrogens with zero attached hydrogens (tertiary/aromatic N) is 3. The van der Waals surface area contributed by atoms with Gasteiger partial charge < -0.3 is 0 Å². The second-order valence-electron chi connectivity index (χ2n) is 11.3. The van der Waals surface area contributed by atoms with Crippen molar-refractivity contribution in [3.63, 3.8) is 0 Å². The van der Waals surface area contributed by atoms with Gasteiger partial charge >= 0.3 is 0 Å². The molecular formula is C31H39Cl2N3O2. The summed E-state index contributed by atoms with van der Waals surface area (Å²) >= 11 is 0. The first-order valence-electron chi connectivity index (χ1n) is 13.2. The number of carbonyl (C=O) groups excluding carboxylic acids is 2. The van der Waals surface area contributed by atoms with Gasteiger partial charge in [-0.05, 0) is 29.4 Å². The number of benzene rings is 2. The molecule has 2 bridgehead atoms. The number of likely N-dealkylation sites (tertiary alicyclic amines) is 1. The fraction of sp³-hybridized carbons (Fsp3) is 0.484. The maximum Gasteiger partial charge on any atom is 0.236 e. The Morgan fingerprint density at radius 1 is 0.816 bits per heavy atom. The molecule has 1 aliphatic carbocycles. The van der Waals surface area contributed by atoms with Crippen molar-refractivity contribution in [2.45, 2.75) is 39.7 Å². The van der Waals surface area contributed by atoms with E-state index >= 15 is 0 Å². The smallest absolute Gasteiger partial charge is 0.236 e. The average molecular weight is 557 g/mol. The van der Waals surface area contributed by atoms with Gasteiger partial charge in [-0.1, -0.05) is 93.3 Å². The van der Waals surface area contributed by atoms with Crippen LogP contribution in [-0.2, 0) is 9.59 Å². The third kappa shape index (κ3) is 5.38. The molecule has 5 nitrogen and oxygen atoms in total. The molecule has 38 heavy (non-hydrogen) atoms. The molecule has 2 aromatic rings. The summed E-state index contributed by atoms with van der Waals surface area (Å²) in [6.45, 7) is 10.9. The minimum Gasteiger partial charge on any atom is -0.290 e. The predicted octanol–water partition coefficient (Wildman–Crippen LogP) is 5.05. The van der Waals surface area contributed by atoms with Gasteiger partial charge in [-0.25, -0.2) is 0 Å². The number of piperazine rings is 1. The zero-order valence-corrected chi connectivity index (χ0v) is 24.2. The monoisotopic (exact) mass is 555 g/mol. The first-order chi connectivity index (χ1) is 17.3. The standard InChI is InChI=1S/C31H37N3O2.2ClH/c1-30(2)26-16-17-31(30,3)29(36)34(28(26)35)19-11-10-18-32-20-22-33(23-21-32)27(24-12-6-4-7-13-24)25-14-8-5-9-15-25;;/h4-9,12-15,26-27H,16-23H2,1-3H3;2*1H. The summed E-state index contributed by atoms with van der Waals surface area (Å²) in [6.07, 6.45) is 1.59. The van der Waals surface area contributed by atoms with Gasteiger partial charge in [-0.15, -0.1) is 24.8 Å². The highest BCUT2D eigenvalue weighted by atomic mass is 35.5. The van der Waals surface area contributed by atoms with Crippen molar-refractivity contribution >= 4 is 36.6 Å². The van der Waals surface area contributed by atoms with Crippen LogP contribution in [0.15, 0.2) is 60.7 Å². The van der Waals surface area contributed by atoms with Crippen LogP contribution in [0.5, 0.6) is 0 Å². The molecule has 2 heterocycles. The SMILES string of the molecule is CC12CCC(C(=O)N(CC#CCN3CCN(C(c4ccccc4)c4ccccc4)CC3)C1=O)C2(C)C.Cl.Cl. The van der Waals surface area contributed by atoms with Crippen LogP contribution < -0.4 is 0 Å². The topological polar surface area (TPSA) is 43.9 Å². The third-order valence-electron chi connectivity index (χ3n) is 9.18. The van der Waals surface area contributed by atoms with Gasteiger partial charge in [-0.2, -0.15) is 0 Å². The zero-order valence-electron chi connectivity index (χ0n) is 22.6. The molecule has 204 valence electrons. The van der Waals surface area contributed by atoms with E-state index in [1.165, 1.54) is 16.0 Å². The molecule has 2 aromatic carbocycles. The van der Waals surface area contributed by atoms with Gasteiger partial charge in [-0.3, -0.25) is 24.3 Å². The van der Waals surface area contributed by atoms with Gasteiger partial charge in [0.2, 0.25) is 11.8 Å². The molecule has 2 atom stereocenters. The molecule has 0 spiro atoms. The van der Waals surface area contributed by atoms with E-state index < -0.39 is 5.41 Å². The molecule has 2 aliphatic heterocycles. The summed E-state index contributed by atoms with van der Waals surface area (Å²) in [7, 11) is 0. The number of amides is 2. The summed E-state index contributed by atoms with van der Waals surface area (Å²) in [5.41, 5.74) is 1.90. The van der Waals surface area contributed by atoms with Crippen molar-refractivity contribution < 1.29 is 9.59 Å². The Labute approximate surface area is 239 Å². The number of rotatable bonds is 5. The van der Waals surface area contributed by atoms with Crippen LogP contribution in [0.25, 0.3) is 0 Å². The maximum atomic E-state index is 13.2. The Kier molecular flexibility index (Phi) is 9.71. The van der Waals surface area contributed by atoms with E-state index in [0.29, 0.717) is 6.54 Å². The Morgan fingerprint density at radius 3 is 1.89 bits per heavy atom. The van der Waals surface area contributed by atoms with Crippen molar-refractivity contribution in [2.75, 3.05) is 39.3 Å². The van der Waals surface area contributed by atoms with Crippen LogP contribution in [0.1, 0.15) is 50.8 Å². The summed E-state index contributed by atoms with van der Waals surface area (Å²) in [4.78, 5) is 32.5. The molecule has 3 aliphatic rings. The van der Waals surface area contributed by atoms with Crippen molar-refractivity contribution in [2.24, 2.45) is 16.7 Å². The number of hydrogen-bond acceptors (Lipinski definition) is 4. The average Bonchev–Trinajstić information content (AvgIpc) is 3.08. The molecule has 3 fully saturated rings. The second-order valence-corrected chi connectivity index (χ2v) is 11.3. The van der Waals surface area contributed by atoms with E-state index in [0.717, 1.165) is 39.0 Å². The molecule has 2 amide bonds. The Balaban J connectivity index is 0.00000200. The van der Waals surface area contributed by atoms with Crippen molar-refractivity contribution in [1.29, 1.82) is 0 Å². The van der Waals surface area contributed by atoms with E-state index in [1.807, 2.05) is 6.92 Å². The lowest BCUT2D eigenvalue weighted by Crippen LogP contribution is -2.59. The van der Waals surface area contributed by atoms with E-state index in [4.69, 9.17) is 0 Å². The van der Waals surface area contributed by atoms with Gasteiger partial charge in [0.05, 0.1) is 24.5 Å². The zero-order chi connectivity index (χ0) is 25.3. The van der Waals surface area contributed by atoms with Gasteiger partial charge in [0.1, 0.15) is 0 Å². The van der Waals surface area contributed by atoms with E-state index in [1.54, 1.807) is 0 Å². The molecule has 7 heteroatoms. The predicted molar refractivity (Wildman–Crippen MR) is 156 cm³/mol. The van der Waals surface area contributed by atoms with Crippen molar-refractivity contribution in [3.8, 4) is 11.8 Å². The number of hydrogen-bond donors (Lipinski definition) is 0. The van der Waals surface area contributed by atoms with Gasteiger partial charge in [0.25, 0.3) is 0 Å². The van der Waals surface area contributed by atoms with Gasteiger partial charge in [0.15, 0.2) is 0 Å². The van der Waals surface area contributed by atoms with Crippen LogP contribution in [0.4, 0.5) is 0 Å². The minimum atomic E-state index is -0.461. The number of carbonyl (C=O) groups is 2. The summed E-state index contributed by atoms with van der Waals surface area (Å²) in [5, 5.41) is 0. The van der Waals surface area contributed by atoms with Crippen LogP contribution in [0, 0.1) is 28.6 Å². The summed E-state index contributed by atoms with van der Waals surface area (Å²) < 4.78 is 0. The molecule has 0 aromatic heterocycles. The number of fused-ring (bicyclic) bond motifs is 2. The van der Waals surface area contributed by atoms with E-state index in [-0.39, 0.29) is 60.5 Å². The van der Waals surface area contributed by atoms with Gasteiger partial charge in [0, 0.05) is 32.1 Å². The number of imide groups is 1. The summed E-state index contributed by atoms with van der Waals surface area (Å²) in [6, 6.07) is 21.7. The lowest BCUT2D eigenvalue weighted by atomic mass is 9.62. The molecule has 1 saturated carbocycles. The van der Waals surface area contributed by atoms with Crippen LogP contribution in [0.3, 0.4) is 0 Å². The van der Waals surface area contributed by atoms with Crippen LogP contribution in [0.2, 0.25) is 0 Å². The Bertz CT molecular complexity index is 1130. The fourth-order valence-electron chi connectivity index (χ4n) is 6.42. The van der Waals surface area contributed by atoms with Crippen molar-refractivity contribution in [3.05, 3.63) is 71.8 Å². The van der Waals surface area contributed by atoms with Crippen LogP contribution in [-0.4, -0.2) is 65.8 Å². The van der Waals surface area contributed by atoms with E-state index in [2.05, 4.69) is 96.2 Å². The summed E-state index contributed by atoms with van der Waals surface area (Å²) in [5.74, 6) is 6.24. The second kappa shape index (κ2) is 12.2. The molecule has 2 unspecified atom stereocenters. The third-order valence-corrected chi connectivity index (χ3v) is 9.18. The minimum absolute atomic E-state index is 0. The molecule has 5 rings (SSSR count). The largest absolute Gasteiger partial charge is 0.290 e. The lowest BCUT2D eigenvalue weighted by Gasteiger charge is -2.47. The molecule has 2 saturated heterocycles. The number of halogens is 2. The Morgan fingerprint density at radius 2 is 1.34 bits per heavy atom. The highest BCUT2D eigenvalue weighted by Gasteiger charge is 2.64. The first-order valence-corrected chi connectivity index (χ1v) is 13.2. The lowest BCUT2D eigenvalue weighted by molar-refractivity contribution is -0.166. The molecule has 0 N–H and O–H groups in total. The highest BCUT2D eigenvalue weighted by Crippen LogP contribution is 2.59. The maximum absolute atomic E-state index is 13.2. The fourth-order valence-corrected chi connectivity index (χ4v) is 6.42.